The van der Waals surface area contributed by atoms with Crippen LogP contribution in [0.2, 0.25) is 5.02 Å². The molecule has 0 fully saturated rings. The molecule has 0 aliphatic rings. The van der Waals surface area contributed by atoms with Crippen LogP contribution < -0.4 is 9.62 Å². The fourth-order valence-electron chi connectivity index (χ4n) is 3.15. The molecule has 30 heavy (non-hydrogen) atoms. The molecular formula is C23H31ClN2O3S. The molecule has 0 bridgehead atoms. The minimum absolute atomic E-state index is 0.0923. The number of halogens is 1. The van der Waals surface area contributed by atoms with Gasteiger partial charge in [0.1, 0.15) is 6.54 Å². The number of hydrogen-bond donors (Lipinski definition) is 1. The zero-order chi connectivity index (χ0) is 22.1. The van der Waals surface area contributed by atoms with E-state index in [0.717, 1.165) is 35.6 Å². The van der Waals surface area contributed by atoms with Crippen molar-refractivity contribution in [3.05, 3.63) is 59.1 Å². The minimum Gasteiger partial charge on any atom is -0.354 e. The van der Waals surface area contributed by atoms with E-state index >= 15 is 0 Å². The first-order valence-electron chi connectivity index (χ1n) is 10.4. The van der Waals surface area contributed by atoms with Crippen LogP contribution in [-0.4, -0.2) is 27.4 Å². The first-order chi connectivity index (χ1) is 14.3. The Morgan fingerprint density at radius 3 is 2.27 bits per heavy atom. The Morgan fingerprint density at radius 1 is 1.07 bits per heavy atom. The van der Waals surface area contributed by atoms with Crippen molar-refractivity contribution in [2.75, 3.05) is 17.4 Å². The molecule has 2 aromatic carbocycles. The fraction of sp³-hybridized carbons (Fsp3) is 0.435. The van der Waals surface area contributed by atoms with Crippen LogP contribution in [-0.2, 0) is 14.8 Å². The van der Waals surface area contributed by atoms with Gasteiger partial charge in [0.25, 0.3) is 10.0 Å². The highest BCUT2D eigenvalue weighted by Gasteiger charge is 2.27. The number of aryl methyl sites for hydroxylation is 1. The summed E-state index contributed by atoms with van der Waals surface area (Å²) >= 11 is 5.91. The number of rotatable bonds is 11. The Labute approximate surface area is 185 Å². The van der Waals surface area contributed by atoms with E-state index in [-0.39, 0.29) is 17.3 Å². The van der Waals surface area contributed by atoms with Gasteiger partial charge in [-0.3, -0.25) is 9.10 Å². The van der Waals surface area contributed by atoms with Gasteiger partial charge in [-0.25, -0.2) is 8.42 Å². The summed E-state index contributed by atoms with van der Waals surface area (Å²) in [6, 6.07) is 13.1. The maximum Gasteiger partial charge on any atom is 0.264 e. The lowest BCUT2D eigenvalue weighted by Gasteiger charge is -2.25. The van der Waals surface area contributed by atoms with Gasteiger partial charge in [0.05, 0.1) is 10.6 Å². The van der Waals surface area contributed by atoms with Crippen LogP contribution >= 0.6 is 11.6 Å². The Bertz CT molecular complexity index is 912. The van der Waals surface area contributed by atoms with Gasteiger partial charge < -0.3 is 5.32 Å². The van der Waals surface area contributed by atoms with Crippen molar-refractivity contribution in [1.82, 2.24) is 5.32 Å². The van der Waals surface area contributed by atoms with Crippen molar-refractivity contribution in [2.24, 2.45) is 5.92 Å². The second-order valence-corrected chi connectivity index (χ2v) is 9.82. The predicted molar refractivity (Wildman–Crippen MR) is 123 cm³/mol. The third kappa shape index (κ3) is 6.74. The number of nitrogens with zero attached hydrogens (tertiary/aromatic N) is 1. The summed E-state index contributed by atoms with van der Waals surface area (Å²) in [5.41, 5.74) is 1.46. The van der Waals surface area contributed by atoms with Gasteiger partial charge in [-0.2, -0.15) is 0 Å². The Morgan fingerprint density at radius 2 is 1.70 bits per heavy atom. The number of hydrogen-bond acceptors (Lipinski definition) is 3. The molecule has 164 valence electrons. The van der Waals surface area contributed by atoms with E-state index in [1.165, 1.54) is 24.3 Å². The van der Waals surface area contributed by atoms with E-state index in [0.29, 0.717) is 23.2 Å². The molecule has 1 amide bonds. The maximum absolute atomic E-state index is 13.3. The highest BCUT2D eigenvalue weighted by molar-refractivity contribution is 7.92. The molecule has 0 unspecified atom stereocenters. The number of anilines is 1. The number of amides is 1. The number of carbonyl (C=O) groups excluding carboxylic acids is 1. The van der Waals surface area contributed by atoms with Crippen molar-refractivity contribution in [1.29, 1.82) is 0 Å². The molecule has 0 saturated carbocycles. The highest BCUT2D eigenvalue weighted by atomic mass is 35.5. The zero-order valence-electron chi connectivity index (χ0n) is 17.9. The molecule has 5 nitrogen and oxygen atoms in total. The van der Waals surface area contributed by atoms with Gasteiger partial charge in [-0.05, 0) is 55.7 Å². The molecule has 1 atom stereocenters. The largest absolute Gasteiger partial charge is 0.354 e. The van der Waals surface area contributed by atoms with Crippen molar-refractivity contribution >= 4 is 33.2 Å². The molecule has 2 aromatic rings. The summed E-state index contributed by atoms with van der Waals surface area (Å²) in [6.45, 7) is 6.45. The number of benzene rings is 2. The second kappa shape index (κ2) is 11.4. The molecule has 7 heteroatoms. The molecule has 0 aliphatic carbocycles. The maximum atomic E-state index is 13.3. The number of nitrogens with one attached hydrogen (secondary N) is 1. The van der Waals surface area contributed by atoms with E-state index in [1.807, 2.05) is 19.1 Å². The lowest BCUT2D eigenvalue weighted by Crippen LogP contribution is -2.42. The fourth-order valence-corrected chi connectivity index (χ4v) is 4.69. The lowest BCUT2D eigenvalue weighted by atomic mass is 9.99. The van der Waals surface area contributed by atoms with Crippen molar-refractivity contribution in [3.63, 3.8) is 0 Å². The van der Waals surface area contributed by atoms with E-state index in [1.54, 1.807) is 12.1 Å². The molecule has 0 aliphatic heterocycles. The van der Waals surface area contributed by atoms with Gasteiger partial charge in [0, 0.05) is 11.6 Å². The van der Waals surface area contributed by atoms with Crippen molar-refractivity contribution in [2.45, 2.75) is 51.3 Å². The van der Waals surface area contributed by atoms with Crippen LogP contribution in [0.1, 0.15) is 45.1 Å². The van der Waals surface area contributed by atoms with Gasteiger partial charge in [-0.1, -0.05) is 62.4 Å². The number of carbonyl (C=O) groups is 1. The normalized spacial score (nSPS) is 12.4. The van der Waals surface area contributed by atoms with E-state index < -0.39 is 10.0 Å². The first-order valence-corrected chi connectivity index (χ1v) is 12.2. The standard InChI is InChI=1S/C23H31ClN2O3S/c1-4-6-7-19(5-2)16-25-23(27)17-26(21-12-8-18(3)9-13-21)30(28,29)22-14-10-20(24)11-15-22/h8-15,19H,4-7,16-17H2,1-3H3,(H,25,27)/t19-/m1/s1. The molecule has 0 aromatic heterocycles. The van der Waals surface area contributed by atoms with Crippen molar-refractivity contribution in [3.8, 4) is 0 Å². The predicted octanol–water partition coefficient (Wildman–Crippen LogP) is 5.18. The third-order valence-electron chi connectivity index (χ3n) is 5.14. The van der Waals surface area contributed by atoms with Gasteiger partial charge in [-0.15, -0.1) is 0 Å². The monoisotopic (exact) mass is 450 g/mol. The summed E-state index contributed by atoms with van der Waals surface area (Å²) < 4.78 is 27.8. The first kappa shape index (κ1) is 24.2. The quantitative estimate of drug-likeness (QED) is 0.513. The molecular weight excluding hydrogens is 420 g/mol. The van der Waals surface area contributed by atoms with Crippen LogP contribution in [0.5, 0.6) is 0 Å². The Hall–Kier alpha value is -2.05. The van der Waals surface area contributed by atoms with E-state index in [4.69, 9.17) is 11.6 Å². The van der Waals surface area contributed by atoms with Crippen LogP contribution in [0.25, 0.3) is 0 Å². The molecule has 0 spiro atoms. The molecule has 1 N–H and O–H groups in total. The van der Waals surface area contributed by atoms with Crippen LogP contribution in [0.3, 0.4) is 0 Å². The Kier molecular flexibility index (Phi) is 9.18. The lowest BCUT2D eigenvalue weighted by molar-refractivity contribution is -0.119. The number of sulfonamides is 1. The second-order valence-electron chi connectivity index (χ2n) is 7.52. The minimum atomic E-state index is -3.92. The van der Waals surface area contributed by atoms with E-state index in [2.05, 4.69) is 19.2 Å². The zero-order valence-corrected chi connectivity index (χ0v) is 19.5. The van der Waals surface area contributed by atoms with E-state index in [9.17, 15) is 13.2 Å². The van der Waals surface area contributed by atoms with Crippen LogP contribution in [0, 0.1) is 12.8 Å². The van der Waals surface area contributed by atoms with Crippen LogP contribution in [0.15, 0.2) is 53.4 Å². The van der Waals surface area contributed by atoms with Gasteiger partial charge in [0.15, 0.2) is 0 Å². The van der Waals surface area contributed by atoms with Crippen molar-refractivity contribution < 1.29 is 13.2 Å². The third-order valence-corrected chi connectivity index (χ3v) is 7.18. The van der Waals surface area contributed by atoms with Gasteiger partial charge >= 0.3 is 0 Å². The molecule has 0 radical (unpaired) electrons. The summed E-state index contributed by atoms with van der Waals surface area (Å²) in [5.74, 6) is 0.0812. The summed E-state index contributed by atoms with van der Waals surface area (Å²) in [4.78, 5) is 12.8. The number of unbranched alkanes of at least 4 members (excludes halogenated alkanes) is 1. The van der Waals surface area contributed by atoms with Crippen LogP contribution in [0.4, 0.5) is 5.69 Å². The Balaban J connectivity index is 2.23. The smallest absolute Gasteiger partial charge is 0.264 e. The SMILES string of the molecule is CCCC[C@@H](CC)CNC(=O)CN(c1ccc(C)cc1)S(=O)(=O)c1ccc(Cl)cc1. The average molecular weight is 451 g/mol. The summed E-state index contributed by atoms with van der Waals surface area (Å²) in [6.07, 6.45) is 4.27. The summed E-state index contributed by atoms with van der Waals surface area (Å²) in [7, 11) is -3.92. The summed E-state index contributed by atoms with van der Waals surface area (Å²) in [5, 5.41) is 3.37. The molecule has 0 heterocycles. The van der Waals surface area contributed by atoms with Gasteiger partial charge in [0.2, 0.25) is 5.91 Å². The average Bonchev–Trinajstić information content (AvgIpc) is 2.73. The highest BCUT2D eigenvalue weighted by Crippen LogP contribution is 2.25. The molecule has 0 saturated heterocycles. The molecule has 2 rings (SSSR count). The topological polar surface area (TPSA) is 66.5 Å².